The quantitative estimate of drug-likeness (QED) is 0.824. The van der Waals surface area contributed by atoms with Gasteiger partial charge in [-0.1, -0.05) is 0 Å². The standard InChI is InChI=1S/C16H19NO3.CH2O2/c1-18-9-13-8-12(5-6-15(13)19-2)16-14(17-10-20-16)7-11-3-4-11;2-1-3/h5-6,8,10-11H,3-4,7,9H2,1-2H3;1H,(H,2,3). The zero-order valence-corrected chi connectivity index (χ0v) is 13.3. The lowest BCUT2D eigenvalue weighted by Gasteiger charge is -2.09. The molecule has 3 rings (SSSR count). The highest BCUT2D eigenvalue weighted by Gasteiger charge is 2.25. The summed E-state index contributed by atoms with van der Waals surface area (Å²) in [4.78, 5) is 12.7. The van der Waals surface area contributed by atoms with E-state index in [1.54, 1.807) is 14.2 Å². The number of hydrogen-bond donors (Lipinski definition) is 1. The zero-order chi connectivity index (χ0) is 16.7. The predicted octanol–water partition coefficient (Wildman–Crippen LogP) is 3.15. The number of carbonyl (C=O) groups is 1. The third-order valence-corrected chi connectivity index (χ3v) is 3.66. The van der Waals surface area contributed by atoms with Crippen LogP contribution >= 0.6 is 0 Å². The van der Waals surface area contributed by atoms with Crippen LogP contribution in [-0.2, 0) is 22.6 Å². The number of ether oxygens (including phenoxy) is 2. The minimum atomic E-state index is -0.250. The predicted molar refractivity (Wildman–Crippen MR) is 84.3 cm³/mol. The smallest absolute Gasteiger partial charge is 0.290 e. The summed E-state index contributed by atoms with van der Waals surface area (Å²) in [5, 5.41) is 6.89. The van der Waals surface area contributed by atoms with Crippen molar-refractivity contribution in [2.24, 2.45) is 5.92 Å². The highest BCUT2D eigenvalue weighted by atomic mass is 16.5. The third-order valence-electron chi connectivity index (χ3n) is 3.66. The molecule has 1 aliphatic carbocycles. The maximum atomic E-state index is 8.36. The van der Waals surface area contributed by atoms with Crippen LogP contribution in [0.3, 0.4) is 0 Å². The average Bonchev–Trinajstić information content (AvgIpc) is 3.24. The summed E-state index contributed by atoms with van der Waals surface area (Å²) in [6.45, 7) is 0.267. The second-order valence-electron chi connectivity index (χ2n) is 5.34. The average molecular weight is 319 g/mol. The second kappa shape index (κ2) is 8.33. The van der Waals surface area contributed by atoms with E-state index in [1.165, 1.54) is 19.2 Å². The van der Waals surface area contributed by atoms with Crippen molar-refractivity contribution in [2.75, 3.05) is 14.2 Å². The van der Waals surface area contributed by atoms with Crippen LogP contribution in [0.25, 0.3) is 11.3 Å². The molecule has 1 aromatic heterocycles. The van der Waals surface area contributed by atoms with Crippen molar-refractivity contribution >= 4 is 6.47 Å². The van der Waals surface area contributed by atoms with Gasteiger partial charge < -0.3 is 19.0 Å². The van der Waals surface area contributed by atoms with Crippen molar-refractivity contribution < 1.29 is 23.8 Å². The Labute approximate surface area is 135 Å². The summed E-state index contributed by atoms with van der Waals surface area (Å²) >= 11 is 0. The summed E-state index contributed by atoms with van der Waals surface area (Å²) in [5.74, 6) is 2.49. The molecule has 0 spiro atoms. The van der Waals surface area contributed by atoms with E-state index in [9.17, 15) is 0 Å². The van der Waals surface area contributed by atoms with Crippen LogP contribution in [0, 0.1) is 5.92 Å². The minimum Gasteiger partial charge on any atom is -0.496 e. The van der Waals surface area contributed by atoms with Crippen LogP contribution in [0.15, 0.2) is 29.0 Å². The molecule has 1 heterocycles. The molecule has 6 nitrogen and oxygen atoms in total. The van der Waals surface area contributed by atoms with Crippen molar-refractivity contribution in [3.8, 4) is 17.1 Å². The first-order valence-corrected chi connectivity index (χ1v) is 7.39. The lowest BCUT2D eigenvalue weighted by molar-refractivity contribution is -0.122. The first-order chi connectivity index (χ1) is 11.2. The molecule has 23 heavy (non-hydrogen) atoms. The topological polar surface area (TPSA) is 81.8 Å². The van der Waals surface area contributed by atoms with Crippen molar-refractivity contribution in [3.63, 3.8) is 0 Å². The Balaban J connectivity index is 0.000000595. The van der Waals surface area contributed by atoms with Crippen LogP contribution in [0.1, 0.15) is 24.1 Å². The molecule has 0 radical (unpaired) electrons. The molecule has 0 saturated heterocycles. The highest BCUT2D eigenvalue weighted by molar-refractivity contribution is 5.62. The molecule has 1 aromatic carbocycles. The van der Waals surface area contributed by atoms with Gasteiger partial charge in [0.15, 0.2) is 12.2 Å². The van der Waals surface area contributed by atoms with Gasteiger partial charge in [-0.25, -0.2) is 4.98 Å². The Morgan fingerprint density at radius 2 is 2.13 bits per heavy atom. The first kappa shape index (κ1) is 17.0. The first-order valence-electron chi connectivity index (χ1n) is 7.39. The molecule has 1 N–H and O–H groups in total. The van der Waals surface area contributed by atoms with E-state index in [0.29, 0.717) is 6.61 Å². The Morgan fingerprint density at radius 3 is 2.74 bits per heavy atom. The lowest BCUT2D eigenvalue weighted by atomic mass is 10.0. The van der Waals surface area contributed by atoms with Crippen LogP contribution in [0.2, 0.25) is 0 Å². The third kappa shape index (κ3) is 4.56. The van der Waals surface area contributed by atoms with Crippen molar-refractivity contribution in [1.82, 2.24) is 4.98 Å². The number of oxazole rings is 1. The molecule has 0 atom stereocenters. The summed E-state index contributed by atoms with van der Waals surface area (Å²) in [5.41, 5.74) is 3.10. The van der Waals surface area contributed by atoms with Gasteiger partial charge in [0.25, 0.3) is 6.47 Å². The lowest BCUT2D eigenvalue weighted by Crippen LogP contribution is -1.96. The molecule has 0 bridgehead atoms. The fourth-order valence-electron chi connectivity index (χ4n) is 2.43. The van der Waals surface area contributed by atoms with Crippen molar-refractivity contribution in [2.45, 2.75) is 25.9 Å². The number of aromatic nitrogens is 1. The Kier molecular flexibility index (Phi) is 6.17. The van der Waals surface area contributed by atoms with Crippen LogP contribution in [0.5, 0.6) is 5.75 Å². The SMILES string of the molecule is COCc1cc(-c2ocnc2CC2CC2)ccc1OC.O=CO. The normalized spacial score (nSPS) is 13.1. The Bertz CT molecular complexity index is 634. The Hall–Kier alpha value is -2.34. The van der Waals surface area contributed by atoms with E-state index < -0.39 is 0 Å². The summed E-state index contributed by atoms with van der Waals surface area (Å²) < 4.78 is 16.2. The Morgan fingerprint density at radius 1 is 1.39 bits per heavy atom. The van der Waals surface area contributed by atoms with Gasteiger partial charge in [-0.05, 0) is 43.4 Å². The van der Waals surface area contributed by atoms with Gasteiger partial charge in [0.2, 0.25) is 0 Å². The van der Waals surface area contributed by atoms with E-state index in [2.05, 4.69) is 11.1 Å². The van der Waals surface area contributed by atoms with E-state index >= 15 is 0 Å². The maximum Gasteiger partial charge on any atom is 0.290 e. The molecule has 2 aromatic rings. The molecule has 1 fully saturated rings. The molecule has 0 amide bonds. The minimum absolute atomic E-state index is 0.250. The van der Waals surface area contributed by atoms with Gasteiger partial charge >= 0.3 is 0 Å². The highest BCUT2D eigenvalue weighted by Crippen LogP contribution is 2.36. The largest absolute Gasteiger partial charge is 0.496 e. The number of hydrogen-bond acceptors (Lipinski definition) is 5. The molecular formula is C17H21NO5. The number of methoxy groups -OCH3 is 2. The number of rotatable bonds is 6. The van der Waals surface area contributed by atoms with Gasteiger partial charge in [-0.3, -0.25) is 4.79 Å². The van der Waals surface area contributed by atoms with E-state index in [1.807, 2.05) is 12.1 Å². The second-order valence-corrected chi connectivity index (χ2v) is 5.34. The molecule has 124 valence electrons. The summed E-state index contributed by atoms with van der Waals surface area (Å²) in [6.07, 6.45) is 5.17. The monoisotopic (exact) mass is 319 g/mol. The van der Waals surface area contributed by atoms with Crippen molar-refractivity contribution in [3.05, 3.63) is 35.9 Å². The van der Waals surface area contributed by atoms with Crippen LogP contribution in [0.4, 0.5) is 0 Å². The number of carboxylic acid groups (broad SMARTS) is 1. The molecule has 1 saturated carbocycles. The van der Waals surface area contributed by atoms with Crippen LogP contribution in [-0.4, -0.2) is 30.8 Å². The van der Waals surface area contributed by atoms with Gasteiger partial charge in [0.05, 0.1) is 19.4 Å². The van der Waals surface area contributed by atoms with E-state index in [4.69, 9.17) is 23.8 Å². The zero-order valence-electron chi connectivity index (χ0n) is 13.3. The molecular weight excluding hydrogens is 298 g/mol. The van der Waals surface area contributed by atoms with E-state index in [0.717, 1.165) is 40.7 Å². The summed E-state index contributed by atoms with van der Waals surface area (Å²) in [7, 11) is 3.35. The number of nitrogens with zero attached hydrogens (tertiary/aromatic N) is 1. The van der Waals surface area contributed by atoms with Crippen LogP contribution < -0.4 is 4.74 Å². The summed E-state index contributed by atoms with van der Waals surface area (Å²) in [6, 6.07) is 6.02. The van der Waals surface area contributed by atoms with E-state index in [-0.39, 0.29) is 6.47 Å². The van der Waals surface area contributed by atoms with Gasteiger partial charge in [0.1, 0.15) is 5.75 Å². The molecule has 6 heteroatoms. The molecule has 1 aliphatic rings. The van der Waals surface area contributed by atoms with Crippen molar-refractivity contribution in [1.29, 1.82) is 0 Å². The molecule has 0 aliphatic heterocycles. The van der Waals surface area contributed by atoms with Gasteiger partial charge in [-0.2, -0.15) is 0 Å². The van der Waals surface area contributed by atoms with Gasteiger partial charge in [-0.15, -0.1) is 0 Å². The molecule has 0 unspecified atom stereocenters. The fraction of sp³-hybridized carbons (Fsp3) is 0.412. The maximum absolute atomic E-state index is 8.36. The van der Waals surface area contributed by atoms with Gasteiger partial charge in [0, 0.05) is 18.2 Å². The number of benzene rings is 1. The fourth-order valence-corrected chi connectivity index (χ4v) is 2.43.